The van der Waals surface area contributed by atoms with Gasteiger partial charge in [0, 0.05) is 31.9 Å². The molecule has 0 atom stereocenters. The second kappa shape index (κ2) is 8.26. The maximum Gasteiger partial charge on any atom is 0.260 e. The van der Waals surface area contributed by atoms with Gasteiger partial charge in [-0.25, -0.2) is 0 Å². The lowest BCUT2D eigenvalue weighted by molar-refractivity contribution is -0.133. The number of anilines is 1. The van der Waals surface area contributed by atoms with Crippen LogP contribution in [0.4, 0.5) is 5.69 Å². The van der Waals surface area contributed by atoms with Gasteiger partial charge in [-0.1, -0.05) is 42.8 Å². The molecule has 0 bridgehead atoms. The fourth-order valence-corrected chi connectivity index (χ4v) is 3.51. The summed E-state index contributed by atoms with van der Waals surface area (Å²) in [5, 5.41) is 0. The van der Waals surface area contributed by atoms with Crippen molar-refractivity contribution in [3.8, 4) is 5.75 Å². The molecule has 26 heavy (non-hydrogen) atoms. The Bertz CT molecular complexity index is 747. The van der Waals surface area contributed by atoms with Gasteiger partial charge in [0.15, 0.2) is 6.61 Å². The first-order valence-corrected chi connectivity index (χ1v) is 9.39. The van der Waals surface area contributed by atoms with Crippen molar-refractivity contribution in [3.05, 3.63) is 59.2 Å². The molecule has 1 fully saturated rings. The number of rotatable bonds is 5. The van der Waals surface area contributed by atoms with Gasteiger partial charge in [-0.3, -0.25) is 4.79 Å². The van der Waals surface area contributed by atoms with Crippen LogP contribution >= 0.6 is 0 Å². The minimum absolute atomic E-state index is 0.0609. The lowest BCUT2D eigenvalue weighted by Gasteiger charge is -2.37. The molecule has 3 rings (SSSR count). The van der Waals surface area contributed by atoms with E-state index in [4.69, 9.17) is 4.74 Å². The molecule has 0 radical (unpaired) electrons. The van der Waals surface area contributed by atoms with Crippen LogP contribution < -0.4 is 9.64 Å². The number of hydrogen-bond donors (Lipinski definition) is 0. The van der Waals surface area contributed by atoms with Gasteiger partial charge in [-0.15, -0.1) is 0 Å². The highest BCUT2D eigenvalue weighted by atomic mass is 16.5. The van der Waals surface area contributed by atoms with Crippen molar-refractivity contribution >= 4 is 11.6 Å². The molecule has 2 aromatic rings. The Balaban J connectivity index is 1.55. The Morgan fingerprint density at radius 2 is 1.69 bits per heavy atom. The second-order valence-corrected chi connectivity index (χ2v) is 6.91. The number of carbonyl (C=O) groups is 1. The van der Waals surface area contributed by atoms with E-state index in [0.29, 0.717) is 0 Å². The van der Waals surface area contributed by atoms with Crippen LogP contribution in [0.3, 0.4) is 0 Å². The van der Waals surface area contributed by atoms with Gasteiger partial charge in [0.2, 0.25) is 0 Å². The van der Waals surface area contributed by atoms with Crippen molar-refractivity contribution in [1.82, 2.24) is 4.90 Å². The highest BCUT2D eigenvalue weighted by Gasteiger charge is 2.23. The van der Waals surface area contributed by atoms with Crippen LogP contribution in [0.1, 0.15) is 23.6 Å². The SMILES string of the molecule is CCc1cccc(C)c1N1CCN(C(=O)COc2ccc(C)cc2)CC1. The summed E-state index contributed by atoms with van der Waals surface area (Å²) < 4.78 is 5.64. The molecule has 1 saturated heterocycles. The highest BCUT2D eigenvalue weighted by Crippen LogP contribution is 2.26. The third kappa shape index (κ3) is 4.18. The van der Waals surface area contributed by atoms with Crippen LogP contribution in [0, 0.1) is 13.8 Å². The van der Waals surface area contributed by atoms with Crippen molar-refractivity contribution in [2.75, 3.05) is 37.7 Å². The zero-order valence-electron chi connectivity index (χ0n) is 16.0. The van der Waals surface area contributed by atoms with Gasteiger partial charge in [-0.2, -0.15) is 0 Å². The number of hydrogen-bond acceptors (Lipinski definition) is 3. The molecule has 138 valence electrons. The average molecular weight is 352 g/mol. The predicted octanol–water partition coefficient (Wildman–Crippen LogP) is 3.59. The normalized spacial score (nSPS) is 14.4. The molecule has 0 saturated carbocycles. The molecule has 2 aromatic carbocycles. The van der Waals surface area contributed by atoms with Crippen LogP contribution in [0.15, 0.2) is 42.5 Å². The molecule has 0 spiro atoms. The van der Waals surface area contributed by atoms with E-state index in [1.54, 1.807) is 0 Å². The predicted molar refractivity (Wildman–Crippen MR) is 106 cm³/mol. The first-order valence-electron chi connectivity index (χ1n) is 9.39. The van der Waals surface area contributed by atoms with E-state index in [-0.39, 0.29) is 12.5 Å². The van der Waals surface area contributed by atoms with E-state index in [0.717, 1.165) is 38.3 Å². The largest absolute Gasteiger partial charge is 0.484 e. The summed E-state index contributed by atoms with van der Waals surface area (Å²) in [5.74, 6) is 0.806. The minimum Gasteiger partial charge on any atom is -0.484 e. The van der Waals surface area contributed by atoms with Gasteiger partial charge in [0.25, 0.3) is 5.91 Å². The van der Waals surface area contributed by atoms with E-state index in [1.807, 2.05) is 36.1 Å². The Morgan fingerprint density at radius 1 is 1.00 bits per heavy atom. The van der Waals surface area contributed by atoms with E-state index >= 15 is 0 Å². The number of benzene rings is 2. The number of aryl methyl sites for hydroxylation is 3. The Hall–Kier alpha value is -2.49. The van der Waals surface area contributed by atoms with E-state index in [9.17, 15) is 4.79 Å². The van der Waals surface area contributed by atoms with Crippen LogP contribution in [0.25, 0.3) is 0 Å². The number of para-hydroxylation sites is 1. The quantitative estimate of drug-likeness (QED) is 0.824. The minimum atomic E-state index is 0.0609. The van der Waals surface area contributed by atoms with Crippen molar-refractivity contribution in [3.63, 3.8) is 0 Å². The molecule has 0 aromatic heterocycles. The molecule has 1 amide bonds. The van der Waals surface area contributed by atoms with E-state index in [1.165, 1.54) is 22.4 Å². The van der Waals surface area contributed by atoms with E-state index in [2.05, 4.69) is 36.9 Å². The fourth-order valence-electron chi connectivity index (χ4n) is 3.51. The molecular weight excluding hydrogens is 324 g/mol. The van der Waals surface area contributed by atoms with Crippen LogP contribution in [-0.2, 0) is 11.2 Å². The van der Waals surface area contributed by atoms with Gasteiger partial charge in [-0.05, 0) is 43.5 Å². The summed E-state index contributed by atoms with van der Waals surface area (Å²) in [6, 6.07) is 14.3. The Labute approximate surface area is 156 Å². The number of carbonyl (C=O) groups excluding carboxylic acids is 1. The monoisotopic (exact) mass is 352 g/mol. The highest BCUT2D eigenvalue weighted by molar-refractivity contribution is 5.78. The molecule has 0 unspecified atom stereocenters. The average Bonchev–Trinajstić information content (AvgIpc) is 2.67. The summed E-state index contributed by atoms with van der Waals surface area (Å²) in [4.78, 5) is 16.8. The molecular formula is C22H28N2O2. The lowest BCUT2D eigenvalue weighted by atomic mass is 10.0. The lowest BCUT2D eigenvalue weighted by Crippen LogP contribution is -2.50. The number of ether oxygens (including phenoxy) is 1. The molecule has 1 aliphatic rings. The first-order chi connectivity index (χ1) is 12.6. The number of amides is 1. The summed E-state index contributed by atoms with van der Waals surface area (Å²) in [5.41, 5.74) is 5.22. The molecule has 0 N–H and O–H groups in total. The smallest absolute Gasteiger partial charge is 0.260 e. The third-order valence-electron chi connectivity index (χ3n) is 5.03. The summed E-state index contributed by atoms with van der Waals surface area (Å²) in [6.07, 6.45) is 1.03. The zero-order valence-corrected chi connectivity index (χ0v) is 16.0. The molecule has 4 nitrogen and oxygen atoms in total. The molecule has 4 heteroatoms. The summed E-state index contributed by atoms with van der Waals surface area (Å²) in [6.45, 7) is 9.73. The maximum absolute atomic E-state index is 12.5. The number of piperazine rings is 1. The van der Waals surface area contributed by atoms with Gasteiger partial charge < -0.3 is 14.5 Å². The Morgan fingerprint density at radius 3 is 2.35 bits per heavy atom. The van der Waals surface area contributed by atoms with Gasteiger partial charge in [0.05, 0.1) is 0 Å². The molecule has 1 aliphatic heterocycles. The first kappa shape index (κ1) is 18.3. The number of nitrogens with zero attached hydrogens (tertiary/aromatic N) is 2. The fraction of sp³-hybridized carbons (Fsp3) is 0.409. The van der Waals surface area contributed by atoms with Crippen molar-refractivity contribution in [1.29, 1.82) is 0 Å². The Kier molecular flexibility index (Phi) is 5.82. The zero-order chi connectivity index (χ0) is 18.5. The summed E-state index contributed by atoms with van der Waals surface area (Å²) >= 11 is 0. The van der Waals surface area contributed by atoms with Gasteiger partial charge >= 0.3 is 0 Å². The van der Waals surface area contributed by atoms with Crippen LogP contribution in [0.2, 0.25) is 0 Å². The maximum atomic E-state index is 12.5. The summed E-state index contributed by atoms with van der Waals surface area (Å²) in [7, 11) is 0. The molecule has 0 aliphatic carbocycles. The van der Waals surface area contributed by atoms with Crippen molar-refractivity contribution in [2.45, 2.75) is 27.2 Å². The molecule has 1 heterocycles. The third-order valence-corrected chi connectivity index (χ3v) is 5.03. The van der Waals surface area contributed by atoms with Gasteiger partial charge in [0.1, 0.15) is 5.75 Å². The van der Waals surface area contributed by atoms with Crippen LogP contribution in [-0.4, -0.2) is 43.6 Å². The van der Waals surface area contributed by atoms with Crippen molar-refractivity contribution < 1.29 is 9.53 Å². The van der Waals surface area contributed by atoms with E-state index < -0.39 is 0 Å². The standard InChI is InChI=1S/C22H28N2O2/c1-4-19-7-5-6-18(3)22(19)24-14-12-23(13-15-24)21(25)16-26-20-10-8-17(2)9-11-20/h5-11H,4,12-16H2,1-3H3. The topological polar surface area (TPSA) is 32.8 Å². The van der Waals surface area contributed by atoms with Crippen molar-refractivity contribution in [2.24, 2.45) is 0 Å². The second-order valence-electron chi connectivity index (χ2n) is 6.91. The van der Waals surface area contributed by atoms with Crippen LogP contribution in [0.5, 0.6) is 5.75 Å².